The topological polar surface area (TPSA) is 34.1 Å². The summed E-state index contributed by atoms with van der Waals surface area (Å²) >= 11 is 4.40. The van der Waals surface area contributed by atoms with Crippen LogP contribution in [0.4, 0.5) is 0 Å². The van der Waals surface area contributed by atoms with Crippen molar-refractivity contribution in [2.45, 2.75) is 0 Å². The van der Waals surface area contributed by atoms with Crippen LogP contribution in [0.5, 0.6) is 0 Å². The number of rotatable bonds is 1. The predicted molar refractivity (Wildman–Crippen MR) is 16.6 cm³/mol. The van der Waals surface area contributed by atoms with Crippen molar-refractivity contribution >= 4 is 23.1 Å². The molecule has 0 rings (SSSR count). The van der Waals surface area contributed by atoms with Crippen LogP contribution in [-0.2, 0) is 29.1 Å². The Kier molecular flexibility index (Phi) is 8.35. The van der Waals surface area contributed by atoms with Gasteiger partial charge in [0.25, 0.3) is 0 Å². The Morgan fingerprint density at radius 1 is 1.67 bits per heavy atom. The van der Waals surface area contributed by atoms with E-state index in [1.165, 1.54) is 0 Å². The van der Waals surface area contributed by atoms with Crippen molar-refractivity contribution in [2.75, 3.05) is 0 Å². The Bertz CT molecular complexity index is 62.6. The van der Waals surface area contributed by atoms with E-state index in [2.05, 4.69) is 11.6 Å². The second-order valence-electron chi connectivity index (χ2n) is 0.376. The van der Waals surface area contributed by atoms with E-state index in [1.807, 2.05) is 0 Å². The van der Waals surface area contributed by atoms with Gasteiger partial charge in [0.05, 0.1) is 0 Å². The summed E-state index contributed by atoms with van der Waals surface area (Å²) in [6.45, 7) is 0. The number of halogens is 1. The molecule has 37 valence electrons. The maximum absolute atomic E-state index is 9.15. The molecule has 0 aliphatic carbocycles. The third-order valence-electron chi connectivity index (χ3n) is 0.0802. The molecule has 0 aromatic carbocycles. The predicted octanol–water partition coefficient (Wildman–Crippen LogP) is -0.141. The Labute approximate surface area is 52.6 Å². The van der Waals surface area contributed by atoms with Gasteiger partial charge in [-0.1, -0.05) is 11.6 Å². The first kappa shape index (κ1) is 9.54. The summed E-state index contributed by atoms with van der Waals surface area (Å²) in [5.74, 6) is 0. The average Bonchev–Trinajstić information content (AvgIpc) is 1.38. The smallest absolute Gasteiger partial charge is 0.104 e. The van der Waals surface area contributed by atoms with Crippen LogP contribution in [-0.4, -0.2) is 11.5 Å². The minimum atomic E-state index is -1.08. The second kappa shape index (κ2) is 5.25. The van der Waals surface area contributed by atoms with Crippen LogP contribution in [0.3, 0.4) is 0 Å². The van der Waals surface area contributed by atoms with Gasteiger partial charge in [0.15, 0.2) is 0 Å². The first-order valence-electron chi connectivity index (χ1n) is 0.847. The molecule has 0 atom stereocenters. The molecule has 2 nitrogen and oxygen atoms in total. The second-order valence-corrected chi connectivity index (χ2v) is 0.719. The third kappa shape index (κ3) is 8.87. The largest absolute Gasteiger partial charge is 0.533 e. The van der Waals surface area contributed by atoms with E-state index in [9.17, 15) is 0 Å². The van der Waals surface area contributed by atoms with Gasteiger partial charge < -0.3 is 9.59 Å². The summed E-state index contributed by atoms with van der Waals surface area (Å²) < 4.78 is 0. The Balaban J connectivity index is 0. The zero-order chi connectivity index (χ0) is 4.28. The summed E-state index contributed by atoms with van der Waals surface area (Å²) in [7, 11) is 0. The van der Waals surface area contributed by atoms with Crippen molar-refractivity contribution < 1.29 is 29.1 Å². The summed E-state index contributed by atoms with van der Waals surface area (Å²) in [4.78, 5) is 18.1. The molecule has 0 aliphatic heterocycles. The summed E-state index contributed by atoms with van der Waals surface area (Å²) in [5.41, 5.74) is 0. The van der Waals surface area contributed by atoms with Crippen molar-refractivity contribution in [3.05, 3.63) is 0 Å². The van der Waals surface area contributed by atoms with E-state index in [1.54, 1.807) is 0 Å². The molecule has 0 amide bonds. The summed E-state index contributed by atoms with van der Waals surface area (Å²) in [5, 5.41) is -1.08. The molecule has 0 aliphatic rings. The molecule has 0 fully saturated rings. The minimum Gasteiger partial charge on any atom is -0.533 e. The van der Waals surface area contributed by atoms with Crippen molar-refractivity contribution in [3.8, 4) is 0 Å². The third-order valence-corrected chi connectivity index (χ3v) is 0.157. The SMILES string of the molecule is O=[C-]C(=O)Cl.[Rh]. The van der Waals surface area contributed by atoms with Gasteiger partial charge in [-0.15, -0.1) is 0 Å². The van der Waals surface area contributed by atoms with E-state index in [0.717, 1.165) is 6.29 Å². The van der Waals surface area contributed by atoms with E-state index in [-0.39, 0.29) is 19.5 Å². The van der Waals surface area contributed by atoms with Gasteiger partial charge in [0.1, 0.15) is 5.24 Å². The normalized spacial score (nSPS) is 5.50. The van der Waals surface area contributed by atoms with Crippen molar-refractivity contribution in [1.82, 2.24) is 0 Å². The van der Waals surface area contributed by atoms with Crippen LogP contribution < -0.4 is 0 Å². The van der Waals surface area contributed by atoms with Gasteiger partial charge in [-0.25, -0.2) is 0 Å². The fourth-order valence-corrected chi connectivity index (χ4v) is 0. The molecule has 0 bridgehead atoms. The van der Waals surface area contributed by atoms with E-state index >= 15 is 0 Å². The molecule has 6 heavy (non-hydrogen) atoms. The summed E-state index contributed by atoms with van der Waals surface area (Å²) in [6.07, 6.45) is 0.904. The van der Waals surface area contributed by atoms with Gasteiger partial charge in [-0.3, -0.25) is 0 Å². The molecule has 0 unspecified atom stereocenters. The fraction of sp³-hybridized carbons (Fsp3) is 0. The van der Waals surface area contributed by atoms with Gasteiger partial charge in [-0.05, 0) is 0 Å². The van der Waals surface area contributed by atoms with Crippen LogP contribution >= 0.6 is 11.6 Å². The zero-order valence-electron chi connectivity index (χ0n) is 2.53. The van der Waals surface area contributed by atoms with Crippen LogP contribution in [0.25, 0.3) is 0 Å². The van der Waals surface area contributed by atoms with Crippen LogP contribution in [0.1, 0.15) is 0 Å². The number of carbonyl (C=O) groups is 1. The number of hydrogen-bond donors (Lipinski definition) is 0. The van der Waals surface area contributed by atoms with Crippen LogP contribution in [0.2, 0.25) is 0 Å². The van der Waals surface area contributed by atoms with Crippen LogP contribution in [0.15, 0.2) is 0 Å². The van der Waals surface area contributed by atoms with Crippen molar-refractivity contribution in [1.29, 1.82) is 0 Å². The summed E-state index contributed by atoms with van der Waals surface area (Å²) in [6, 6.07) is 0. The Morgan fingerprint density at radius 3 is 1.83 bits per heavy atom. The monoisotopic (exact) mass is 194 g/mol. The molecule has 0 aromatic rings. The standard InChI is InChI=1S/C2ClO2.Rh/c3-2(5)1-4;/q-1;. The van der Waals surface area contributed by atoms with Gasteiger partial charge in [-0.2, -0.15) is 6.29 Å². The average molecular weight is 194 g/mol. The Hall–Kier alpha value is 0.253. The van der Waals surface area contributed by atoms with E-state index < -0.39 is 5.24 Å². The van der Waals surface area contributed by atoms with Crippen molar-refractivity contribution in [3.63, 3.8) is 0 Å². The molecular weight excluding hydrogens is 194 g/mol. The fourth-order valence-electron chi connectivity index (χ4n) is 0. The Morgan fingerprint density at radius 2 is 1.83 bits per heavy atom. The number of carbonyl (C=O) groups excluding carboxylic acids is 2. The maximum atomic E-state index is 9.15. The minimum absolute atomic E-state index is 0. The first-order chi connectivity index (χ1) is 2.27. The molecular formula is C2ClO2Rh-. The molecule has 0 aromatic heterocycles. The van der Waals surface area contributed by atoms with Gasteiger partial charge in [0.2, 0.25) is 0 Å². The molecule has 0 spiro atoms. The van der Waals surface area contributed by atoms with Gasteiger partial charge in [0, 0.05) is 19.5 Å². The first-order valence-corrected chi connectivity index (χ1v) is 1.23. The van der Waals surface area contributed by atoms with E-state index in [4.69, 9.17) is 9.59 Å². The van der Waals surface area contributed by atoms with Crippen molar-refractivity contribution in [2.24, 2.45) is 0 Å². The van der Waals surface area contributed by atoms with Crippen LogP contribution in [0, 0.1) is 0 Å². The van der Waals surface area contributed by atoms with E-state index in [0.29, 0.717) is 0 Å². The molecule has 0 saturated heterocycles. The maximum Gasteiger partial charge on any atom is 0.104 e. The quantitative estimate of drug-likeness (QED) is 0.252. The molecule has 0 N–H and O–H groups in total. The molecule has 0 heterocycles. The zero-order valence-corrected chi connectivity index (χ0v) is 4.92. The molecule has 4 heteroatoms. The molecule has 0 saturated carbocycles. The molecule has 1 radical (unpaired) electrons. The number of hydrogen-bond acceptors (Lipinski definition) is 2. The van der Waals surface area contributed by atoms with Gasteiger partial charge >= 0.3 is 0 Å².